The van der Waals surface area contributed by atoms with E-state index in [1.165, 1.54) is 0 Å². The van der Waals surface area contributed by atoms with Gasteiger partial charge in [-0.25, -0.2) is 8.78 Å². The lowest BCUT2D eigenvalue weighted by Gasteiger charge is -2.17. The van der Waals surface area contributed by atoms with E-state index >= 15 is 0 Å². The first-order chi connectivity index (χ1) is 15.0. The number of rotatable bonds is 7. The molecule has 32 heavy (non-hydrogen) atoms. The second-order valence-corrected chi connectivity index (χ2v) is 7.29. The molecule has 9 heteroatoms. The zero-order valence-electron chi connectivity index (χ0n) is 17.3. The quantitative estimate of drug-likeness (QED) is 0.448. The molecular weight excluding hydrogens is 433 g/mol. The highest BCUT2D eigenvalue weighted by molar-refractivity contribution is 5.67. The third kappa shape index (κ3) is 4.92. The Morgan fingerprint density at radius 1 is 1.06 bits per heavy atom. The minimum atomic E-state index is -4.70. The van der Waals surface area contributed by atoms with Crippen LogP contribution in [0.3, 0.4) is 0 Å². The van der Waals surface area contributed by atoms with Gasteiger partial charge >= 0.3 is 12.1 Å². The molecule has 1 aromatic heterocycles. The molecule has 170 valence electrons. The van der Waals surface area contributed by atoms with Gasteiger partial charge in [-0.15, -0.1) is 0 Å². The number of alkyl halides is 3. The highest BCUT2D eigenvalue weighted by atomic mass is 19.4. The Bertz CT molecular complexity index is 1150. The summed E-state index contributed by atoms with van der Waals surface area (Å²) in [4.78, 5) is 10.8. The van der Waals surface area contributed by atoms with Crippen LogP contribution in [-0.2, 0) is 24.0 Å². The Labute approximate surface area is 180 Å². The van der Waals surface area contributed by atoms with E-state index in [0.29, 0.717) is 23.8 Å². The molecule has 3 aromatic rings. The highest BCUT2D eigenvalue weighted by Gasteiger charge is 2.36. The van der Waals surface area contributed by atoms with Crippen LogP contribution in [0.4, 0.5) is 22.0 Å². The van der Waals surface area contributed by atoms with Gasteiger partial charge in [0.2, 0.25) is 0 Å². The number of hydrogen-bond donors (Lipinski definition) is 1. The Hall–Kier alpha value is -3.36. The minimum absolute atomic E-state index is 0.0494. The number of benzene rings is 2. The van der Waals surface area contributed by atoms with E-state index in [0.717, 1.165) is 40.1 Å². The lowest BCUT2D eigenvalue weighted by molar-refractivity contribution is -0.139. The molecule has 0 saturated carbocycles. The Morgan fingerprint density at radius 3 is 2.41 bits per heavy atom. The summed E-state index contributed by atoms with van der Waals surface area (Å²) in [5.74, 6) is -2.47. The summed E-state index contributed by atoms with van der Waals surface area (Å²) in [6.07, 6.45) is -3.38. The molecule has 0 aliphatic rings. The highest BCUT2D eigenvalue weighted by Crippen LogP contribution is 2.35. The van der Waals surface area contributed by atoms with Crippen LogP contribution in [-0.4, -0.2) is 15.6 Å². The van der Waals surface area contributed by atoms with Gasteiger partial charge in [0.1, 0.15) is 24.0 Å². The zero-order chi connectivity index (χ0) is 23.6. The van der Waals surface area contributed by atoms with Crippen molar-refractivity contribution in [1.29, 1.82) is 0 Å². The van der Waals surface area contributed by atoms with E-state index in [4.69, 9.17) is 9.84 Å². The van der Waals surface area contributed by atoms with Crippen LogP contribution in [0.5, 0.6) is 5.75 Å². The van der Waals surface area contributed by atoms with Gasteiger partial charge in [0.15, 0.2) is 0 Å². The molecule has 0 unspecified atom stereocenters. The largest absolute Gasteiger partial charge is 0.487 e. The number of halogens is 5. The number of carbonyl (C=O) groups is 1. The van der Waals surface area contributed by atoms with Gasteiger partial charge in [0, 0.05) is 18.7 Å². The first-order valence-corrected chi connectivity index (χ1v) is 9.65. The molecule has 3 rings (SSSR count). The third-order valence-corrected chi connectivity index (χ3v) is 5.29. The normalized spacial score (nSPS) is 11.6. The molecule has 0 bridgehead atoms. The van der Waals surface area contributed by atoms with E-state index in [1.54, 1.807) is 26.0 Å². The van der Waals surface area contributed by atoms with Crippen LogP contribution >= 0.6 is 0 Å². The van der Waals surface area contributed by atoms with Crippen molar-refractivity contribution in [3.05, 3.63) is 82.2 Å². The summed E-state index contributed by atoms with van der Waals surface area (Å²) in [6, 6.07) is 6.66. The molecule has 0 fully saturated rings. The van der Waals surface area contributed by atoms with Gasteiger partial charge in [-0.1, -0.05) is 6.07 Å². The van der Waals surface area contributed by atoms with E-state index in [9.17, 15) is 26.7 Å². The number of carboxylic acids is 1. The molecular formula is C23H20F5NO3. The average Bonchev–Trinajstić information content (AvgIpc) is 3.12. The summed E-state index contributed by atoms with van der Waals surface area (Å²) < 4.78 is 74.8. The number of aliphatic carboxylic acids is 1. The van der Waals surface area contributed by atoms with E-state index in [2.05, 4.69) is 0 Å². The number of ether oxygens (including phenoxy) is 1. The first kappa shape index (κ1) is 23.3. The van der Waals surface area contributed by atoms with Gasteiger partial charge in [-0.2, -0.15) is 13.2 Å². The maximum atomic E-state index is 14.3. The average molecular weight is 453 g/mol. The van der Waals surface area contributed by atoms with Crippen molar-refractivity contribution >= 4 is 5.97 Å². The molecule has 1 heterocycles. The maximum Gasteiger partial charge on any atom is 0.418 e. The van der Waals surface area contributed by atoms with Crippen molar-refractivity contribution < 1.29 is 36.6 Å². The summed E-state index contributed by atoms with van der Waals surface area (Å²) in [6.45, 7) is 2.98. The SMILES string of the molecule is Cc1c(CCC(=O)O)ccc(OCc2c(C(F)(F)F)ccn2-c2ccc(F)cc2F)c1C. The van der Waals surface area contributed by atoms with E-state index in [1.807, 2.05) is 0 Å². The standard InChI is InChI=1S/C23H20F5NO3/c1-13-14(2)21(7-3-15(13)4-8-22(30)31)32-12-20-17(23(26,27)28)9-10-29(20)19-6-5-16(24)11-18(19)25/h3,5-7,9-11H,4,8,12H2,1-2H3,(H,30,31). The van der Waals surface area contributed by atoms with E-state index < -0.39 is 36.0 Å². The van der Waals surface area contributed by atoms with Crippen molar-refractivity contribution in [1.82, 2.24) is 4.57 Å². The lowest BCUT2D eigenvalue weighted by Crippen LogP contribution is -2.13. The Kier molecular flexibility index (Phi) is 6.57. The van der Waals surface area contributed by atoms with Crippen LogP contribution in [0.25, 0.3) is 5.69 Å². The van der Waals surface area contributed by atoms with Crippen LogP contribution in [0, 0.1) is 25.5 Å². The molecule has 0 aliphatic heterocycles. The summed E-state index contributed by atoms with van der Waals surface area (Å²) in [5, 5.41) is 8.86. The van der Waals surface area contributed by atoms with Gasteiger partial charge in [0.05, 0.1) is 16.9 Å². The second kappa shape index (κ2) is 9.02. The number of nitrogens with zero attached hydrogens (tertiary/aromatic N) is 1. The monoisotopic (exact) mass is 453 g/mol. The fourth-order valence-corrected chi connectivity index (χ4v) is 3.44. The smallest absolute Gasteiger partial charge is 0.418 e. The van der Waals surface area contributed by atoms with Crippen LogP contribution < -0.4 is 4.74 Å². The zero-order valence-corrected chi connectivity index (χ0v) is 17.3. The predicted molar refractivity (Wildman–Crippen MR) is 107 cm³/mol. The fourth-order valence-electron chi connectivity index (χ4n) is 3.44. The fraction of sp³-hybridized carbons (Fsp3) is 0.261. The first-order valence-electron chi connectivity index (χ1n) is 9.65. The number of carboxylic acid groups (broad SMARTS) is 1. The molecule has 0 aliphatic carbocycles. The Morgan fingerprint density at radius 2 is 1.78 bits per heavy atom. The van der Waals surface area contributed by atoms with Crippen molar-refractivity contribution in [2.24, 2.45) is 0 Å². The van der Waals surface area contributed by atoms with Crippen LogP contribution in [0.15, 0.2) is 42.6 Å². The molecule has 4 nitrogen and oxygen atoms in total. The van der Waals surface area contributed by atoms with E-state index in [-0.39, 0.29) is 17.8 Å². The van der Waals surface area contributed by atoms with Gasteiger partial charge in [-0.05, 0) is 61.2 Å². The lowest BCUT2D eigenvalue weighted by atomic mass is 9.99. The molecule has 0 radical (unpaired) electrons. The van der Waals surface area contributed by atoms with Crippen LogP contribution in [0.1, 0.15) is 34.4 Å². The van der Waals surface area contributed by atoms with Crippen LogP contribution in [0.2, 0.25) is 0 Å². The molecule has 1 N–H and O–H groups in total. The third-order valence-electron chi connectivity index (χ3n) is 5.29. The summed E-state index contributed by atoms with van der Waals surface area (Å²) in [5.41, 5.74) is 0.665. The molecule has 0 spiro atoms. The molecule has 0 amide bonds. The number of aromatic nitrogens is 1. The Balaban J connectivity index is 1.94. The minimum Gasteiger partial charge on any atom is -0.487 e. The number of aryl methyl sites for hydroxylation is 1. The van der Waals surface area contributed by atoms with Gasteiger partial charge in [0.25, 0.3) is 0 Å². The van der Waals surface area contributed by atoms with Crippen molar-refractivity contribution in [3.63, 3.8) is 0 Å². The number of hydrogen-bond acceptors (Lipinski definition) is 2. The molecule has 2 aromatic carbocycles. The van der Waals surface area contributed by atoms with Crippen molar-refractivity contribution in [2.75, 3.05) is 0 Å². The summed E-state index contributed by atoms with van der Waals surface area (Å²) in [7, 11) is 0. The van der Waals surface area contributed by atoms with Crippen molar-refractivity contribution in [2.45, 2.75) is 39.5 Å². The maximum absolute atomic E-state index is 14.3. The van der Waals surface area contributed by atoms with Gasteiger partial charge in [-0.3, -0.25) is 4.79 Å². The second-order valence-electron chi connectivity index (χ2n) is 7.29. The van der Waals surface area contributed by atoms with Gasteiger partial charge < -0.3 is 14.4 Å². The summed E-state index contributed by atoms with van der Waals surface area (Å²) >= 11 is 0. The topological polar surface area (TPSA) is 51.5 Å². The molecule has 0 saturated heterocycles. The molecule has 0 atom stereocenters. The van der Waals surface area contributed by atoms with Crippen molar-refractivity contribution in [3.8, 4) is 11.4 Å². The predicted octanol–water partition coefficient (Wildman–Crippen LogP) is 5.99.